The van der Waals surface area contributed by atoms with Crippen molar-refractivity contribution in [1.29, 1.82) is 0 Å². The van der Waals surface area contributed by atoms with Gasteiger partial charge in [-0.2, -0.15) is 15.1 Å². The minimum Gasteiger partial charge on any atom is -0.368 e. The third kappa shape index (κ3) is 2.91. The molecule has 3 rings (SSSR count). The van der Waals surface area contributed by atoms with E-state index >= 15 is 0 Å². The lowest BCUT2D eigenvalue weighted by molar-refractivity contribution is 0.742. The fraction of sp³-hybridized carbons (Fsp3) is 0.417. The molecule has 3 aromatic heterocycles. The van der Waals surface area contributed by atoms with Crippen LogP contribution in [0.1, 0.15) is 12.7 Å². The van der Waals surface area contributed by atoms with Gasteiger partial charge in [-0.1, -0.05) is 0 Å². The smallest absolute Gasteiger partial charge is 0.226 e. The van der Waals surface area contributed by atoms with Crippen molar-refractivity contribution < 1.29 is 0 Å². The van der Waals surface area contributed by atoms with Crippen molar-refractivity contribution in [3.8, 4) is 0 Å². The molecular weight excluding hydrogens is 270 g/mol. The Morgan fingerprint density at radius 2 is 2.14 bits per heavy atom. The minimum atomic E-state index is 0.565. The van der Waals surface area contributed by atoms with Gasteiger partial charge >= 0.3 is 0 Å². The lowest BCUT2D eigenvalue weighted by atomic mass is 10.4. The van der Waals surface area contributed by atoms with Gasteiger partial charge in [0, 0.05) is 26.6 Å². The quantitative estimate of drug-likeness (QED) is 0.608. The number of aromatic nitrogens is 7. The van der Waals surface area contributed by atoms with E-state index in [0.29, 0.717) is 18.1 Å². The number of aryl methyl sites for hydroxylation is 1. The molecule has 110 valence electrons. The SMILES string of the molecule is CCNc1nc(NCCc2ncn(C)n2)c2[nH]cnc2n1. The third-order valence-electron chi connectivity index (χ3n) is 2.91. The van der Waals surface area contributed by atoms with Crippen LogP contribution in [-0.4, -0.2) is 47.8 Å². The molecule has 9 heteroatoms. The Bertz CT molecular complexity index is 729. The Morgan fingerprint density at radius 3 is 2.90 bits per heavy atom. The summed E-state index contributed by atoms with van der Waals surface area (Å²) in [4.78, 5) is 20.2. The van der Waals surface area contributed by atoms with Crippen LogP contribution in [0.2, 0.25) is 0 Å². The van der Waals surface area contributed by atoms with Gasteiger partial charge in [0.05, 0.1) is 6.33 Å². The molecule has 0 aliphatic rings. The molecule has 0 radical (unpaired) electrons. The van der Waals surface area contributed by atoms with Gasteiger partial charge in [-0.25, -0.2) is 9.97 Å². The van der Waals surface area contributed by atoms with E-state index in [-0.39, 0.29) is 0 Å². The van der Waals surface area contributed by atoms with Gasteiger partial charge in [0.2, 0.25) is 5.95 Å². The van der Waals surface area contributed by atoms with E-state index < -0.39 is 0 Å². The highest BCUT2D eigenvalue weighted by molar-refractivity contribution is 5.83. The van der Waals surface area contributed by atoms with Gasteiger partial charge in [0.1, 0.15) is 11.8 Å². The maximum absolute atomic E-state index is 4.45. The van der Waals surface area contributed by atoms with E-state index in [9.17, 15) is 0 Å². The summed E-state index contributed by atoms with van der Waals surface area (Å²) >= 11 is 0. The second-order valence-electron chi connectivity index (χ2n) is 4.54. The molecule has 0 amide bonds. The van der Waals surface area contributed by atoms with Gasteiger partial charge in [0.25, 0.3) is 0 Å². The maximum Gasteiger partial charge on any atom is 0.226 e. The van der Waals surface area contributed by atoms with Crippen LogP contribution < -0.4 is 10.6 Å². The first kappa shape index (κ1) is 13.3. The van der Waals surface area contributed by atoms with Crippen LogP contribution in [0, 0.1) is 0 Å². The zero-order valence-electron chi connectivity index (χ0n) is 12.0. The van der Waals surface area contributed by atoms with E-state index in [2.05, 4.69) is 40.7 Å². The van der Waals surface area contributed by atoms with Crippen LogP contribution in [0.3, 0.4) is 0 Å². The molecular formula is C12H17N9. The Hall–Kier alpha value is -2.71. The van der Waals surface area contributed by atoms with Gasteiger partial charge in [0.15, 0.2) is 17.3 Å². The van der Waals surface area contributed by atoms with E-state index in [0.717, 1.165) is 30.1 Å². The zero-order valence-corrected chi connectivity index (χ0v) is 12.0. The number of hydrogen-bond donors (Lipinski definition) is 3. The topological polar surface area (TPSA) is 109 Å². The van der Waals surface area contributed by atoms with Crippen LogP contribution in [0.5, 0.6) is 0 Å². The summed E-state index contributed by atoms with van der Waals surface area (Å²) in [6.45, 7) is 3.44. The van der Waals surface area contributed by atoms with Crippen molar-refractivity contribution in [3.63, 3.8) is 0 Å². The maximum atomic E-state index is 4.45. The highest BCUT2D eigenvalue weighted by Crippen LogP contribution is 2.18. The summed E-state index contributed by atoms with van der Waals surface area (Å²) in [7, 11) is 1.85. The fourth-order valence-corrected chi connectivity index (χ4v) is 1.99. The molecule has 0 saturated carbocycles. The molecule has 3 N–H and O–H groups in total. The van der Waals surface area contributed by atoms with E-state index in [1.807, 2.05) is 14.0 Å². The van der Waals surface area contributed by atoms with Gasteiger partial charge in [-0.3, -0.25) is 4.68 Å². The second-order valence-corrected chi connectivity index (χ2v) is 4.54. The Morgan fingerprint density at radius 1 is 1.24 bits per heavy atom. The number of imidazole rings is 1. The first-order valence-corrected chi connectivity index (χ1v) is 6.79. The summed E-state index contributed by atoms with van der Waals surface area (Å²) in [5.74, 6) is 2.09. The monoisotopic (exact) mass is 287 g/mol. The van der Waals surface area contributed by atoms with Crippen LogP contribution >= 0.6 is 0 Å². The van der Waals surface area contributed by atoms with Gasteiger partial charge < -0.3 is 15.6 Å². The van der Waals surface area contributed by atoms with Crippen molar-refractivity contribution in [1.82, 2.24) is 34.7 Å². The van der Waals surface area contributed by atoms with Crippen molar-refractivity contribution in [3.05, 3.63) is 18.5 Å². The summed E-state index contributed by atoms with van der Waals surface area (Å²) in [6, 6.07) is 0. The molecule has 21 heavy (non-hydrogen) atoms. The lowest BCUT2D eigenvalue weighted by Gasteiger charge is -2.07. The van der Waals surface area contributed by atoms with Crippen molar-refractivity contribution in [2.75, 3.05) is 23.7 Å². The number of aromatic amines is 1. The average Bonchev–Trinajstić information content (AvgIpc) is 3.08. The molecule has 0 unspecified atom stereocenters. The molecule has 0 saturated heterocycles. The standard InChI is InChI=1S/C12H17N9/c1-3-13-12-18-10(9-11(19-12)16-6-15-9)14-5-4-8-17-7-21(2)20-8/h6-7H,3-5H2,1-2H3,(H3,13,14,15,16,18,19). The molecule has 0 aromatic carbocycles. The number of anilines is 2. The van der Waals surface area contributed by atoms with Crippen LogP contribution in [0.25, 0.3) is 11.2 Å². The van der Waals surface area contributed by atoms with Crippen LogP contribution in [0.15, 0.2) is 12.7 Å². The summed E-state index contributed by atoms with van der Waals surface area (Å²) in [5, 5.41) is 10.6. The average molecular weight is 287 g/mol. The van der Waals surface area contributed by atoms with E-state index in [1.165, 1.54) is 0 Å². The van der Waals surface area contributed by atoms with E-state index in [4.69, 9.17) is 0 Å². The van der Waals surface area contributed by atoms with Crippen LogP contribution in [0.4, 0.5) is 11.8 Å². The lowest BCUT2D eigenvalue weighted by Crippen LogP contribution is -2.10. The molecule has 3 heterocycles. The molecule has 0 bridgehead atoms. The fourth-order valence-electron chi connectivity index (χ4n) is 1.99. The largest absolute Gasteiger partial charge is 0.368 e. The highest BCUT2D eigenvalue weighted by Gasteiger charge is 2.09. The summed E-state index contributed by atoms with van der Waals surface area (Å²) in [6.07, 6.45) is 4.02. The normalized spacial score (nSPS) is 11.0. The highest BCUT2D eigenvalue weighted by atomic mass is 15.3. The predicted molar refractivity (Wildman–Crippen MR) is 79.0 cm³/mol. The van der Waals surface area contributed by atoms with Crippen LogP contribution in [-0.2, 0) is 13.5 Å². The van der Waals surface area contributed by atoms with Gasteiger partial charge in [-0.15, -0.1) is 0 Å². The predicted octanol–water partition coefficient (Wildman–Crippen LogP) is 0.568. The summed E-state index contributed by atoms with van der Waals surface area (Å²) < 4.78 is 1.69. The third-order valence-corrected chi connectivity index (χ3v) is 2.91. The number of fused-ring (bicyclic) bond motifs is 1. The molecule has 0 aliphatic carbocycles. The van der Waals surface area contributed by atoms with Gasteiger partial charge in [-0.05, 0) is 6.92 Å². The Labute approximate surface area is 121 Å². The molecule has 0 spiro atoms. The first-order chi connectivity index (χ1) is 10.3. The molecule has 9 nitrogen and oxygen atoms in total. The molecule has 0 fully saturated rings. The number of hydrogen-bond acceptors (Lipinski definition) is 7. The van der Waals surface area contributed by atoms with Crippen molar-refractivity contribution >= 4 is 22.9 Å². The summed E-state index contributed by atoms with van der Waals surface area (Å²) in [5.41, 5.74) is 1.44. The Kier molecular flexibility index (Phi) is 3.63. The molecule has 0 aliphatic heterocycles. The first-order valence-electron chi connectivity index (χ1n) is 6.79. The second kappa shape index (κ2) is 5.73. The molecule has 3 aromatic rings. The number of nitrogens with one attached hydrogen (secondary N) is 3. The minimum absolute atomic E-state index is 0.565. The Balaban J connectivity index is 1.74. The number of H-pyrrole nitrogens is 1. The zero-order chi connectivity index (χ0) is 14.7. The van der Waals surface area contributed by atoms with Crippen molar-refractivity contribution in [2.24, 2.45) is 7.05 Å². The van der Waals surface area contributed by atoms with Crippen molar-refractivity contribution in [2.45, 2.75) is 13.3 Å². The molecule has 0 atom stereocenters. The number of nitrogens with zero attached hydrogens (tertiary/aromatic N) is 6. The number of rotatable bonds is 6. The van der Waals surface area contributed by atoms with E-state index in [1.54, 1.807) is 17.3 Å².